The van der Waals surface area contributed by atoms with Crippen molar-refractivity contribution in [3.63, 3.8) is 0 Å². The van der Waals surface area contributed by atoms with Crippen LogP contribution < -0.4 is 4.74 Å². The van der Waals surface area contributed by atoms with E-state index in [1.165, 1.54) is 275 Å². The first-order valence-electron chi connectivity index (χ1n) is 52.2. The topological polar surface area (TPSA) is 9.23 Å². The minimum absolute atomic E-state index is 0.391. The number of alkyl halides is 2. The van der Waals surface area contributed by atoms with Gasteiger partial charge in [-0.25, -0.2) is 8.78 Å². The van der Waals surface area contributed by atoms with Crippen LogP contribution in [0, 0.1) is 219 Å². The minimum Gasteiger partial charge on any atom is -0.456 e. The van der Waals surface area contributed by atoms with Crippen molar-refractivity contribution in [3.05, 3.63) is 207 Å². The predicted molar refractivity (Wildman–Crippen MR) is 545 cm³/mol. The van der Waals surface area contributed by atoms with Crippen molar-refractivity contribution in [3.8, 4) is 22.6 Å². The van der Waals surface area contributed by atoms with Gasteiger partial charge in [0.15, 0.2) is 0 Å². The van der Waals surface area contributed by atoms with E-state index in [1.54, 1.807) is 11.1 Å². The van der Waals surface area contributed by atoms with E-state index in [4.69, 9.17) is 4.74 Å². The van der Waals surface area contributed by atoms with Crippen LogP contribution in [0.15, 0.2) is 96.2 Å². The van der Waals surface area contributed by atoms with Crippen LogP contribution in [0.25, 0.3) is 22.3 Å². The highest BCUT2D eigenvalue weighted by Gasteiger charge is 2.32. The van der Waals surface area contributed by atoms with E-state index >= 15 is 0 Å². The largest absolute Gasteiger partial charge is 0.456 e. The van der Waals surface area contributed by atoms with Crippen molar-refractivity contribution in [1.29, 1.82) is 0 Å². The zero-order valence-corrected chi connectivity index (χ0v) is 86.8. The van der Waals surface area contributed by atoms with Crippen LogP contribution in [0.3, 0.4) is 0 Å². The number of allylic oxidation sites excluding steroid dienone is 14. The number of hydrogen-bond donors (Lipinski definition) is 0. The Bertz CT molecular complexity index is 4500. The summed E-state index contributed by atoms with van der Waals surface area (Å²) in [6.45, 7) is 52.5. The molecule has 0 unspecified atom stereocenters. The average Bonchev–Trinajstić information content (AvgIpc) is 0.745. The zero-order chi connectivity index (χ0) is 97.1. The Hall–Kier alpha value is -6.36. The smallest absolute Gasteiger partial charge is 0.266 e. The normalized spacial score (nSPS) is 26.3. The van der Waals surface area contributed by atoms with Crippen molar-refractivity contribution in [2.45, 2.75) is 410 Å². The van der Waals surface area contributed by atoms with Crippen LogP contribution >= 0.6 is 0 Å². The van der Waals surface area contributed by atoms with E-state index in [1.807, 2.05) is 0 Å². The highest BCUT2D eigenvalue weighted by molar-refractivity contribution is 5.85. The van der Waals surface area contributed by atoms with E-state index in [0.717, 1.165) is 166 Å². The predicted octanol–water partition coefficient (Wildman–Crippen LogP) is 40.4. The van der Waals surface area contributed by atoms with E-state index in [0.29, 0.717) is 67.1 Å². The molecule has 8 aliphatic carbocycles. The van der Waals surface area contributed by atoms with Gasteiger partial charge >= 0.3 is 0 Å². The number of ether oxygens (including phenoxy) is 1. The molecule has 0 radical (unpaired) electrons. The molecule has 12 rings (SSSR count). The summed E-state index contributed by atoms with van der Waals surface area (Å²) >= 11 is 0. The molecule has 1 nitrogen and oxygen atoms in total. The summed E-state index contributed by atoms with van der Waals surface area (Å²) in [5, 5.41) is 0. The molecule has 0 bridgehead atoms. The Morgan fingerprint density at radius 1 is 0.250 bits per heavy atom. The third-order valence-electron chi connectivity index (χ3n) is 35.1. The SMILES string of the molecule is C/C(=C\C1CCC(CC=C(F)F)CC1)c1c(C)c(C)c(Oc2c(C)c(C)c(C)c(C)c2C)c(C)c1C.C/C(=C\C1CCC(CCC2CCC(CC=C(F)F)CC2)CC1)C1CCC(C)CC1.CC(=CC1CCC(C=CC2CCC(CC=C(F)F)CC2)CC1)C1CCC(C)CC1.CC(=CC1CCC(CC=C(F)F)CC1)c1c(C)c(C)c(-c2c(C)c(C)c(C)c(C)c2C)c(C)c1C.FCF. The maximum Gasteiger partial charge on any atom is 0.266 e. The van der Waals surface area contributed by atoms with Crippen LogP contribution in [-0.4, -0.2) is 6.93 Å². The van der Waals surface area contributed by atoms with Gasteiger partial charge in [-0.05, 0) is 597 Å². The molecule has 8 fully saturated rings. The fourth-order valence-electron chi connectivity index (χ4n) is 24.7. The van der Waals surface area contributed by atoms with Crippen LogP contribution in [0.5, 0.6) is 11.5 Å². The van der Waals surface area contributed by atoms with E-state index in [9.17, 15) is 43.9 Å². The van der Waals surface area contributed by atoms with Gasteiger partial charge in [0.25, 0.3) is 24.3 Å². The van der Waals surface area contributed by atoms with Crippen LogP contribution in [0.4, 0.5) is 43.9 Å². The van der Waals surface area contributed by atoms with Gasteiger partial charge in [0, 0.05) is 0 Å². The lowest BCUT2D eigenvalue weighted by Gasteiger charge is -2.32. The van der Waals surface area contributed by atoms with Gasteiger partial charge in [0.2, 0.25) is 6.93 Å². The molecule has 0 aliphatic heterocycles. The van der Waals surface area contributed by atoms with Crippen molar-refractivity contribution >= 4 is 11.1 Å². The summed E-state index contributed by atoms with van der Waals surface area (Å²) in [4.78, 5) is 0. The summed E-state index contributed by atoms with van der Waals surface area (Å²) < 4.78 is 125. The third kappa shape index (κ3) is 32.4. The molecular weight excluding hydrogens is 1660 g/mol. The maximum atomic E-state index is 12.5. The lowest BCUT2D eigenvalue weighted by Crippen LogP contribution is -2.18. The second-order valence-corrected chi connectivity index (χ2v) is 43.6. The van der Waals surface area contributed by atoms with Crippen molar-refractivity contribution < 1.29 is 48.6 Å². The molecule has 4 aromatic rings. The minimum atomic E-state index is -1.75. The fourth-order valence-corrected chi connectivity index (χ4v) is 24.7. The van der Waals surface area contributed by atoms with Crippen molar-refractivity contribution in [2.24, 2.45) is 94.7 Å². The molecule has 0 heterocycles. The Morgan fingerprint density at radius 2 is 0.455 bits per heavy atom. The molecule has 0 atom stereocenters. The first kappa shape index (κ1) is 111. The van der Waals surface area contributed by atoms with Crippen LogP contribution in [0.2, 0.25) is 0 Å². The molecule has 0 spiro atoms. The van der Waals surface area contributed by atoms with E-state index in [2.05, 4.69) is 203 Å². The molecule has 11 heteroatoms. The summed E-state index contributed by atoms with van der Waals surface area (Å²) in [7, 11) is 0. The molecule has 8 saturated carbocycles. The highest BCUT2D eigenvalue weighted by atomic mass is 19.3. The lowest BCUT2D eigenvalue weighted by molar-refractivity contribution is 0.226. The van der Waals surface area contributed by atoms with Gasteiger partial charge in [-0.1, -0.05) is 113 Å². The molecule has 0 saturated heterocycles. The summed E-state index contributed by atoms with van der Waals surface area (Å²) in [5.41, 5.74) is 35.4. The molecular formula is C121H176F10O. The third-order valence-corrected chi connectivity index (χ3v) is 35.1. The first-order chi connectivity index (χ1) is 62.6. The Kier molecular flexibility index (Phi) is 45.5. The monoisotopic (exact) mass is 1840 g/mol. The second kappa shape index (κ2) is 54.1. The number of hydrogen-bond acceptors (Lipinski definition) is 1. The van der Waals surface area contributed by atoms with Gasteiger partial charge in [-0.3, -0.25) is 0 Å². The van der Waals surface area contributed by atoms with Crippen LogP contribution in [0.1, 0.15) is 397 Å². The summed E-state index contributed by atoms with van der Waals surface area (Å²) in [6.07, 6.45) is 58.7. The van der Waals surface area contributed by atoms with Gasteiger partial charge in [0.1, 0.15) is 11.5 Å². The Morgan fingerprint density at radius 3 is 0.742 bits per heavy atom. The van der Waals surface area contributed by atoms with Gasteiger partial charge < -0.3 is 4.74 Å². The molecule has 0 aromatic heterocycles. The van der Waals surface area contributed by atoms with Crippen molar-refractivity contribution in [2.75, 3.05) is 6.93 Å². The molecule has 0 amide bonds. The quantitative estimate of drug-likeness (QED) is 0.0502. The molecule has 736 valence electrons. The van der Waals surface area contributed by atoms with Gasteiger partial charge in [0.05, 0.1) is 0 Å². The highest BCUT2D eigenvalue weighted by Crippen LogP contribution is 2.49. The molecule has 0 N–H and O–H groups in total. The first-order valence-corrected chi connectivity index (χ1v) is 52.2. The number of halogens is 10. The molecule has 132 heavy (non-hydrogen) atoms. The summed E-state index contributed by atoms with van der Waals surface area (Å²) in [5.74, 6) is 13.3. The van der Waals surface area contributed by atoms with E-state index < -0.39 is 31.3 Å². The Labute approximate surface area is 797 Å². The zero-order valence-electron chi connectivity index (χ0n) is 86.8. The van der Waals surface area contributed by atoms with Crippen LogP contribution in [-0.2, 0) is 0 Å². The Balaban J connectivity index is 0.000000215. The maximum absolute atomic E-state index is 12.5. The fraction of sp³-hybridized carbons (Fsp3) is 0.653. The summed E-state index contributed by atoms with van der Waals surface area (Å²) in [6, 6.07) is 0. The molecule has 4 aromatic carbocycles. The number of rotatable bonds is 24. The standard InChI is InChI=1S/C33H44F2O.C33H44F2.C27H44F2.C27H42F2.CH2F2/c1-18(17-29-13-11-28(12-14-29)15-16-30(34)35)31-22(5)26(9)33(27(10)23(31)6)36-32-24(7)20(3)19(2)21(4)25(32)8;1-18(17-29-13-11-28(12-14-29)15-16-30(34)35)31-24(7)26(9)33(27(10)25(31)8)32-22(5)20(3)19(2)21(4)23(32)6;2*1-20-3-16-26(17-4-20)21(2)19-25-13-11-23(12-14-25)6-5-22-7-9-24(10-8-22)15-18-27(28)29;2-1-3/h16-17,28-29H,11-15H2,1-10H3;16-17,28-29H,11-15H2,1-10H3;18-20,22-26H,3-17H2,1-2H3;5-6,18-20,22-26H,3-4,7-17H2,1-2H3;1H2/b18-17+;;21-19+;;. The number of benzene rings is 4. The molecule has 8 aliphatic rings. The van der Waals surface area contributed by atoms with Gasteiger partial charge in [-0.15, -0.1) is 0 Å². The van der Waals surface area contributed by atoms with Crippen molar-refractivity contribution in [1.82, 2.24) is 0 Å². The second-order valence-electron chi connectivity index (χ2n) is 43.6. The average molecular weight is 1840 g/mol. The van der Waals surface area contributed by atoms with E-state index in [-0.39, 0.29) is 0 Å². The van der Waals surface area contributed by atoms with Gasteiger partial charge in [-0.2, -0.15) is 35.1 Å². The lowest BCUT2D eigenvalue weighted by atomic mass is 9.74.